The molecule has 3 nitrogen and oxygen atoms in total. The molecule has 0 aromatic heterocycles. The van der Waals surface area contributed by atoms with Crippen molar-refractivity contribution in [2.75, 3.05) is 20.6 Å². The number of aliphatic hydroxyl groups is 2. The molecule has 0 bridgehead atoms. The summed E-state index contributed by atoms with van der Waals surface area (Å²) in [6.45, 7) is 5.28. The van der Waals surface area contributed by atoms with E-state index in [0.29, 0.717) is 18.3 Å². The molecule has 0 aromatic rings. The molecule has 0 aromatic carbocycles. The molecule has 1 saturated carbocycles. The first-order chi connectivity index (χ1) is 12.8. The second-order valence-corrected chi connectivity index (χ2v) is 9.58. The van der Waals surface area contributed by atoms with Crippen LogP contribution in [0.2, 0.25) is 0 Å². The molecule has 0 amide bonds. The summed E-state index contributed by atoms with van der Waals surface area (Å²) in [6, 6.07) is 0. The average Bonchev–Trinajstić information content (AvgIpc) is 3.10. The fourth-order valence-corrected chi connectivity index (χ4v) is 4.89. The number of hydrogen-bond donors (Lipinski definition) is 2. The van der Waals surface area contributed by atoms with E-state index in [4.69, 9.17) is 0 Å². The van der Waals surface area contributed by atoms with Crippen LogP contribution in [0.4, 0.5) is 0 Å². The predicted octanol–water partition coefficient (Wildman–Crippen LogP) is 4.94. The lowest BCUT2D eigenvalue weighted by molar-refractivity contribution is 0.0513. The molecule has 5 unspecified atom stereocenters. The minimum absolute atomic E-state index is 0.213. The molecule has 0 aliphatic heterocycles. The Morgan fingerprint density at radius 1 is 1.22 bits per heavy atom. The minimum atomic E-state index is -0.610. The minimum Gasteiger partial charge on any atom is -0.392 e. The van der Waals surface area contributed by atoms with Gasteiger partial charge in [-0.15, -0.1) is 0 Å². The van der Waals surface area contributed by atoms with Crippen molar-refractivity contribution in [3.8, 4) is 0 Å². The highest BCUT2D eigenvalue weighted by molar-refractivity contribution is 5.20. The van der Waals surface area contributed by atoms with Gasteiger partial charge in [-0.25, -0.2) is 0 Å². The van der Waals surface area contributed by atoms with Gasteiger partial charge < -0.3 is 15.1 Å². The standard InChI is InChI=1S/C24H43NO2/c1-5-6-13-24(2,27)14-10-12-21-22-17-19(16-20(22)18-23(21)26)11-8-7-9-15-25(3)4/h10,12,16,20-23,26-27H,5-9,11,13-15,17-18H2,1-4H3/b12-10+. The van der Waals surface area contributed by atoms with Crippen LogP contribution in [0.25, 0.3) is 0 Å². The highest BCUT2D eigenvalue weighted by Crippen LogP contribution is 2.48. The van der Waals surface area contributed by atoms with Gasteiger partial charge in [0.2, 0.25) is 0 Å². The summed E-state index contributed by atoms with van der Waals surface area (Å²) < 4.78 is 0. The van der Waals surface area contributed by atoms with Crippen molar-refractivity contribution in [1.29, 1.82) is 0 Å². The van der Waals surface area contributed by atoms with Crippen molar-refractivity contribution in [3.63, 3.8) is 0 Å². The van der Waals surface area contributed by atoms with Crippen LogP contribution in [0.3, 0.4) is 0 Å². The normalized spacial score (nSPS) is 30.1. The summed E-state index contributed by atoms with van der Waals surface area (Å²) in [7, 11) is 4.28. The van der Waals surface area contributed by atoms with E-state index in [0.717, 1.165) is 32.1 Å². The molecular formula is C24H43NO2. The van der Waals surface area contributed by atoms with E-state index in [1.54, 1.807) is 5.57 Å². The summed E-state index contributed by atoms with van der Waals surface area (Å²) in [5, 5.41) is 21.0. The van der Waals surface area contributed by atoms with Crippen LogP contribution in [0.15, 0.2) is 23.8 Å². The summed E-state index contributed by atoms with van der Waals surface area (Å²) >= 11 is 0. The van der Waals surface area contributed by atoms with Crippen LogP contribution in [-0.2, 0) is 0 Å². The number of allylic oxidation sites excluding steroid dienone is 2. The fourth-order valence-electron chi connectivity index (χ4n) is 4.89. The monoisotopic (exact) mass is 377 g/mol. The van der Waals surface area contributed by atoms with Crippen LogP contribution >= 0.6 is 0 Å². The summed E-state index contributed by atoms with van der Waals surface area (Å²) in [6.07, 6.45) is 17.5. The fraction of sp³-hybridized carbons (Fsp3) is 0.833. The molecule has 27 heavy (non-hydrogen) atoms. The lowest BCUT2D eigenvalue weighted by Gasteiger charge is -2.22. The van der Waals surface area contributed by atoms with Gasteiger partial charge in [-0.2, -0.15) is 0 Å². The van der Waals surface area contributed by atoms with Gasteiger partial charge in [0.1, 0.15) is 0 Å². The van der Waals surface area contributed by atoms with E-state index in [1.807, 2.05) is 6.92 Å². The summed E-state index contributed by atoms with van der Waals surface area (Å²) in [5.41, 5.74) is 1.01. The first-order valence-corrected chi connectivity index (χ1v) is 11.2. The zero-order valence-electron chi connectivity index (χ0n) is 18.2. The largest absolute Gasteiger partial charge is 0.392 e. The second kappa shape index (κ2) is 10.8. The molecular weight excluding hydrogens is 334 g/mol. The van der Waals surface area contributed by atoms with Crippen LogP contribution in [0.5, 0.6) is 0 Å². The number of fused-ring (bicyclic) bond motifs is 1. The van der Waals surface area contributed by atoms with Gasteiger partial charge in [0.15, 0.2) is 0 Å². The number of hydrogen-bond acceptors (Lipinski definition) is 3. The van der Waals surface area contributed by atoms with Crippen molar-refractivity contribution in [2.24, 2.45) is 17.8 Å². The quantitative estimate of drug-likeness (QED) is 0.374. The van der Waals surface area contributed by atoms with Crippen molar-refractivity contribution in [1.82, 2.24) is 4.90 Å². The van der Waals surface area contributed by atoms with Gasteiger partial charge in [0.25, 0.3) is 0 Å². The maximum atomic E-state index is 10.5. The first kappa shape index (κ1) is 22.6. The van der Waals surface area contributed by atoms with Crippen molar-refractivity contribution < 1.29 is 10.2 Å². The Morgan fingerprint density at radius 2 is 2.00 bits per heavy atom. The maximum absolute atomic E-state index is 10.5. The zero-order valence-corrected chi connectivity index (χ0v) is 18.2. The third-order valence-corrected chi connectivity index (χ3v) is 6.54. The van der Waals surface area contributed by atoms with Gasteiger partial charge in [-0.05, 0) is 84.3 Å². The van der Waals surface area contributed by atoms with Crippen molar-refractivity contribution >= 4 is 0 Å². The first-order valence-electron chi connectivity index (χ1n) is 11.2. The Labute approximate surface area is 167 Å². The maximum Gasteiger partial charge on any atom is 0.0654 e. The Morgan fingerprint density at radius 3 is 2.70 bits per heavy atom. The van der Waals surface area contributed by atoms with E-state index < -0.39 is 5.60 Å². The number of nitrogens with zero attached hydrogens (tertiary/aromatic N) is 1. The van der Waals surface area contributed by atoms with Crippen LogP contribution in [0, 0.1) is 17.8 Å². The van der Waals surface area contributed by atoms with Gasteiger partial charge in [-0.1, -0.05) is 50.0 Å². The van der Waals surface area contributed by atoms with Crippen LogP contribution in [-0.4, -0.2) is 47.5 Å². The average molecular weight is 378 g/mol. The highest BCUT2D eigenvalue weighted by Gasteiger charge is 2.43. The highest BCUT2D eigenvalue weighted by atomic mass is 16.3. The number of unbranched alkanes of at least 4 members (excludes halogenated alkanes) is 3. The van der Waals surface area contributed by atoms with E-state index in [2.05, 4.69) is 44.1 Å². The smallest absolute Gasteiger partial charge is 0.0654 e. The third kappa shape index (κ3) is 7.36. The number of aliphatic hydroxyl groups excluding tert-OH is 1. The van der Waals surface area contributed by atoms with Gasteiger partial charge in [-0.3, -0.25) is 0 Å². The molecule has 3 heteroatoms. The summed E-state index contributed by atoms with van der Waals surface area (Å²) in [5.74, 6) is 1.40. The van der Waals surface area contributed by atoms with Crippen LogP contribution < -0.4 is 0 Å². The third-order valence-electron chi connectivity index (χ3n) is 6.54. The lowest BCUT2D eigenvalue weighted by Crippen LogP contribution is -2.23. The molecule has 2 aliphatic carbocycles. The van der Waals surface area contributed by atoms with E-state index in [1.165, 1.54) is 32.2 Å². The molecule has 1 fully saturated rings. The Bertz CT molecular complexity index is 495. The molecule has 156 valence electrons. The topological polar surface area (TPSA) is 43.7 Å². The second-order valence-electron chi connectivity index (χ2n) is 9.58. The Balaban J connectivity index is 1.77. The summed E-state index contributed by atoms with van der Waals surface area (Å²) in [4.78, 5) is 2.26. The lowest BCUT2D eigenvalue weighted by atomic mass is 9.87. The molecule has 2 N–H and O–H groups in total. The Kier molecular flexibility index (Phi) is 9.04. The van der Waals surface area contributed by atoms with Crippen molar-refractivity contribution in [3.05, 3.63) is 23.8 Å². The molecule has 0 heterocycles. The van der Waals surface area contributed by atoms with Crippen molar-refractivity contribution in [2.45, 2.75) is 89.8 Å². The zero-order chi connectivity index (χ0) is 19.9. The van der Waals surface area contributed by atoms with Gasteiger partial charge in [0, 0.05) is 5.92 Å². The van der Waals surface area contributed by atoms with E-state index in [9.17, 15) is 10.2 Å². The van der Waals surface area contributed by atoms with Gasteiger partial charge in [0.05, 0.1) is 11.7 Å². The van der Waals surface area contributed by atoms with Crippen LogP contribution in [0.1, 0.15) is 78.1 Å². The molecule has 5 atom stereocenters. The molecule has 0 saturated heterocycles. The molecule has 0 radical (unpaired) electrons. The molecule has 0 spiro atoms. The molecule has 2 aliphatic rings. The predicted molar refractivity (Wildman–Crippen MR) is 115 cm³/mol. The van der Waals surface area contributed by atoms with E-state index in [-0.39, 0.29) is 12.0 Å². The molecule has 2 rings (SSSR count). The van der Waals surface area contributed by atoms with Gasteiger partial charge >= 0.3 is 0 Å². The SMILES string of the molecule is CCCCC(C)(O)C/C=C/C1C(O)CC2C=C(CCCCCN(C)C)CC21. The number of rotatable bonds is 12. The van der Waals surface area contributed by atoms with E-state index >= 15 is 0 Å². The Hall–Kier alpha value is -0.640.